The molecule has 1 aliphatic rings. The van der Waals surface area contributed by atoms with E-state index in [1.807, 2.05) is 6.92 Å². The van der Waals surface area contributed by atoms with Crippen LogP contribution in [0.5, 0.6) is 0 Å². The van der Waals surface area contributed by atoms with Crippen molar-refractivity contribution in [1.29, 1.82) is 0 Å². The second-order valence-corrected chi connectivity index (χ2v) is 4.36. The van der Waals surface area contributed by atoms with Crippen molar-refractivity contribution in [1.82, 2.24) is 0 Å². The Morgan fingerprint density at radius 3 is 2.62 bits per heavy atom. The van der Waals surface area contributed by atoms with Crippen LogP contribution in [0.1, 0.15) is 33.1 Å². The van der Waals surface area contributed by atoms with E-state index in [1.54, 1.807) is 6.92 Å². The van der Waals surface area contributed by atoms with Crippen LogP contribution in [0.4, 0.5) is 0 Å². The van der Waals surface area contributed by atoms with Crippen molar-refractivity contribution in [2.24, 2.45) is 11.8 Å². The summed E-state index contributed by atoms with van der Waals surface area (Å²) in [5.41, 5.74) is -1.09. The number of carbonyl (C=O) groups is 1. The Balaban J connectivity index is 2.60. The van der Waals surface area contributed by atoms with Crippen molar-refractivity contribution in [3.63, 3.8) is 0 Å². The van der Waals surface area contributed by atoms with E-state index < -0.39 is 5.60 Å². The molecule has 3 atom stereocenters. The van der Waals surface area contributed by atoms with Crippen LogP contribution < -0.4 is 0 Å². The fourth-order valence-electron chi connectivity index (χ4n) is 1.82. The highest BCUT2D eigenvalue weighted by atomic mass is 16.3. The van der Waals surface area contributed by atoms with E-state index in [0.717, 1.165) is 12.8 Å². The number of carbonyl (C=O) groups excluding carboxylic acids is 1. The van der Waals surface area contributed by atoms with Gasteiger partial charge in [0.2, 0.25) is 0 Å². The molecule has 3 nitrogen and oxygen atoms in total. The molecule has 1 aliphatic carbocycles. The molecule has 1 fully saturated rings. The lowest BCUT2D eigenvalue weighted by molar-refractivity contribution is -0.131. The minimum absolute atomic E-state index is 0.0683. The zero-order valence-electron chi connectivity index (χ0n) is 8.29. The van der Waals surface area contributed by atoms with Crippen LogP contribution in [0.3, 0.4) is 0 Å². The maximum atomic E-state index is 11.4. The van der Waals surface area contributed by atoms with E-state index in [2.05, 4.69) is 0 Å². The van der Waals surface area contributed by atoms with Crippen molar-refractivity contribution >= 4 is 5.78 Å². The van der Waals surface area contributed by atoms with Gasteiger partial charge in [-0.15, -0.1) is 0 Å². The number of rotatable bonds is 2. The molecule has 0 spiro atoms. The van der Waals surface area contributed by atoms with E-state index in [4.69, 9.17) is 5.11 Å². The lowest BCUT2D eigenvalue weighted by atomic mass is 9.74. The summed E-state index contributed by atoms with van der Waals surface area (Å²) in [6.07, 6.45) is 2.08. The summed E-state index contributed by atoms with van der Waals surface area (Å²) in [5.74, 6) is 0.275. The molecule has 0 amide bonds. The van der Waals surface area contributed by atoms with Gasteiger partial charge < -0.3 is 10.2 Å². The van der Waals surface area contributed by atoms with E-state index >= 15 is 0 Å². The molecule has 0 aromatic heterocycles. The van der Waals surface area contributed by atoms with Crippen LogP contribution in [-0.4, -0.2) is 28.2 Å². The second kappa shape index (κ2) is 3.76. The predicted octanol–water partition coefficient (Wildman–Crippen LogP) is 0.735. The Kier molecular flexibility index (Phi) is 3.09. The molecule has 0 unspecified atom stereocenters. The third kappa shape index (κ3) is 2.29. The summed E-state index contributed by atoms with van der Waals surface area (Å²) in [5, 5.41) is 18.7. The molecule has 0 saturated heterocycles. The van der Waals surface area contributed by atoms with E-state index in [9.17, 15) is 9.90 Å². The van der Waals surface area contributed by atoms with Gasteiger partial charge in [0.15, 0.2) is 0 Å². The topological polar surface area (TPSA) is 57.5 Å². The van der Waals surface area contributed by atoms with Crippen LogP contribution in [0.25, 0.3) is 0 Å². The molecule has 1 saturated carbocycles. The van der Waals surface area contributed by atoms with Crippen molar-refractivity contribution in [3.05, 3.63) is 0 Å². The monoisotopic (exact) mass is 186 g/mol. The van der Waals surface area contributed by atoms with Gasteiger partial charge in [-0.1, -0.05) is 6.92 Å². The third-order valence-electron chi connectivity index (χ3n) is 3.14. The van der Waals surface area contributed by atoms with Gasteiger partial charge in [-0.05, 0) is 25.7 Å². The van der Waals surface area contributed by atoms with Crippen LogP contribution >= 0.6 is 0 Å². The summed E-state index contributed by atoms with van der Waals surface area (Å²) >= 11 is 0. The quantitative estimate of drug-likeness (QED) is 0.668. The normalized spacial score (nSPS) is 34.3. The third-order valence-corrected chi connectivity index (χ3v) is 3.14. The molecule has 0 aromatic carbocycles. The number of aliphatic hydroxyl groups is 2. The first-order valence-electron chi connectivity index (χ1n) is 4.83. The van der Waals surface area contributed by atoms with Crippen LogP contribution in [0.15, 0.2) is 0 Å². The molecular formula is C10H18O3. The van der Waals surface area contributed by atoms with Gasteiger partial charge in [0.05, 0.1) is 12.2 Å². The number of Topliss-reactive ketones (excluding diaryl/α,β-unsaturated/α-hetero) is 1. The fourth-order valence-corrected chi connectivity index (χ4v) is 1.82. The van der Waals surface area contributed by atoms with Crippen molar-refractivity contribution in [3.8, 4) is 0 Å². The fraction of sp³-hybridized carbons (Fsp3) is 0.900. The minimum Gasteiger partial charge on any atom is -0.393 e. The minimum atomic E-state index is -1.09. The summed E-state index contributed by atoms with van der Waals surface area (Å²) in [6, 6.07) is 0. The van der Waals surface area contributed by atoms with Gasteiger partial charge in [-0.3, -0.25) is 4.79 Å². The summed E-state index contributed by atoms with van der Waals surface area (Å²) in [6.45, 7) is 3.26. The van der Waals surface area contributed by atoms with Gasteiger partial charge >= 0.3 is 0 Å². The van der Waals surface area contributed by atoms with Gasteiger partial charge in [-0.25, -0.2) is 0 Å². The number of hydrogen-bond acceptors (Lipinski definition) is 3. The van der Waals surface area contributed by atoms with Gasteiger partial charge in [-0.2, -0.15) is 0 Å². The Morgan fingerprint density at radius 2 is 2.15 bits per heavy atom. The lowest BCUT2D eigenvalue weighted by Gasteiger charge is -2.35. The van der Waals surface area contributed by atoms with Crippen LogP contribution in [0.2, 0.25) is 0 Å². The first kappa shape index (κ1) is 10.7. The van der Waals surface area contributed by atoms with Crippen molar-refractivity contribution in [2.45, 2.75) is 38.7 Å². The summed E-state index contributed by atoms with van der Waals surface area (Å²) in [7, 11) is 0. The highest BCUT2D eigenvalue weighted by Crippen LogP contribution is 2.32. The average Bonchev–Trinajstić information content (AvgIpc) is 2.09. The number of aliphatic hydroxyl groups excluding tert-OH is 1. The number of hydrogen-bond donors (Lipinski definition) is 2. The first-order valence-corrected chi connectivity index (χ1v) is 4.83. The standard InChI is InChI=1S/C10H18O3/c1-7-3-4-8(5-9(7)12)10(2,13)6-11/h7-8,11,13H,3-6H2,1-2H3/t7-,8+,10-/m0/s1. The SMILES string of the molecule is C[C@H]1CC[C@@H]([C@@](C)(O)CO)CC1=O. The maximum Gasteiger partial charge on any atom is 0.136 e. The van der Waals surface area contributed by atoms with Gasteiger partial charge in [0, 0.05) is 12.3 Å². The molecule has 76 valence electrons. The Bertz CT molecular complexity index is 198. The molecule has 0 aromatic rings. The van der Waals surface area contributed by atoms with Crippen molar-refractivity contribution < 1.29 is 15.0 Å². The van der Waals surface area contributed by atoms with E-state index in [0.29, 0.717) is 6.42 Å². The molecule has 0 heterocycles. The largest absolute Gasteiger partial charge is 0.393 e. The van der Waals surface area contributed by atoms with E-state index in [1.165, 1.54) is 0 Å². The zero-order valence-corrected chi connectivity index (χ0v) is 8.29. The molecular weight excluding hydrogens is 168 g/mol. The Hall–Kier alpha value is -0.410. The van der Waals surface area contributed by atoms with Gasteiger partial charge in [0.1, 0.15) is 5.78 Å². The Morgan fingerprint density at radius 1 is 1.54 bits per heavy atom. The summed E-state index contributed by atoms with van der Waals surface area (Å²) in [4.78, 5) is 11.4. The molecule has 1 rings (SSSR count). The molecule has 2 N–H and O–H groups in total. The highest BCUT2D eigenvalue weighted by Gasteiger charge is 2.36. The second-order valence-electron chi connectivity index (χ2n) is 4.36. The average molecular weight is 186 g/mol. The van der Waals surface area contributed by atoms with Gasteiger partial charge in [0.25, 0.3) is 0 Å². The van der Waals surface area contributed by atoms with Crippen LogP contribution in [-0.2, 0) is 4.79 Å². The molecule has 3 heteroatoms. The molecule has 13 heavy (non-hydrogen) atoms. The van der Waals surface area contributed by atoms with Crippen molar-refractivity contribution in [2.75, 3.05) is 6.61 Å². The maximum absolute atomic E-state index is 11.4. The summed E-state index contributed by atoms with van der Waals surface area (Å²) < 4.78 is 0. The van der Waals surface area contributed by atoms with Crippen LogP contribution in [0, 0.1) is 11.8 Å². The predicted molar refractivity (Wildman–Crippen MR) is 49.2 cm³/mol. The molecule has 0 bridgehead atoms. The molecule has 0 radical (unpaired) electrons. The van der Waals surface area contributed by atoms with E-state index in [-0.39, 0.29) is 24.2 Å². The zero-order chi connectivity index (χ0) is 10.1. The highest BCUT2D eigenvalue weighted by molar-refractivity contribution is 5.81. The number of ketones is 1. The Labute approximate surface area is 78.8 Å². The molecule has 0 aliphatic heterocycles. The smallest absolute Gasteiger partial charge is 0.136 e. The first-order chi connectivity index (χ1) is 5.97. The lowest BCUT2D eigenvalue weighted by Crippen LogP contribution is -2.42.